The predicted octanol–water partition coefficient (Wildman–Crippen LogP) is 2.51. The molecule has 27 heavy (non-hydrogen) atoms. The van der Waals surface area contributed by atoms with E-state index >= 15 is 0 Å². The van der Waals surface area contributed by atoms with Crippen molar-refractivity contribution in [2.24, 2.45) is 0 Å². The van der Waals surface area contributed by atoms with Crippen LogP contribution in [0.3, 0.4) is 0 Å². The number of hydrogen-bond acceptors (Lipinski definition) is 4. The highest BCUT2D eigenvalue weighted by molar-refractivity contribution is 6.03. The van der Waals surface area contributed by atoms with Crippen molar-refractivity contribution in [1.82, 2.24) is 24.2 Å². The molecule has 1 aromatic carbocycles. The van der Waals surface area contributed by atoms with Gasteiger partial charge in [0.2, 0.25) is 5.91 Å². The smallest absolute Gasteiger partial charge is 0.246 e. The summed E-state index contributed by atoms with van der Waals surface area (Å²) in [5.41, 5.74) is 2.95. The van der Waals surface area contributed by atoms with Gasteiger partial charge in [0.05, 0.1) is 47.8 Å². The molecule has 0 saturated carbocycles. The van der Waals surface area contributed by atoms with E-state index in [-0.39, 0.29) is 11.9 Å². The maximum Gasteiger partial charge on any atom is 0.246 e. The number of fused-ring (bicyclic) bond motifs is 3. The number of likely N-dealkylation sites (tertiary alicyclic amines) is 1. The van der Waals surface area contributed by atoms with Crippen molar-refractivity contribution < 1.29 is 9.90 Å². The third kappa shape index (κ3) is 3.23. The van der Waals surface area contributed by atoms with E-state index in [4.69, 9.17) is 0 Å². The molecule has 0 radical (unpaired) electrons. The first-order chi connectivity index (χ1) is 13.1. The zero-order valence-corrected chi connectivity index (χ0v) is 15.6. The molecule has 1 fully saturated rings. The average Bonchev–Trinajstić information content (AvgIpc) is 3.17. The Labute approximate surface area is 157 Å². The lowest BCUT2D eigenvalue weighted by Crippen LogP contribution is -2.34. The number of rotatable bonds is 4. The van der Waals surface area contributed by atoms with E-state index in [0.717, 1.165) is 47.7 Å². The maximum absolute atomic E-state index is 12.2. The van der Waals surface area contributed by atoms with Crippen molar-refractivity contribution in [2.75, 3.05) is 13.1 Å². The molecule has 1 saturated heterocycles. The first kappa shape index (κ1) is 17.7. The van der Waals surface area contributed by atoms with Crippen LogP contribution in [0, 0.1) is 0 Å². The van der Waals surface area contributed by atoms with Crippen molar-refractivity contribution in [3.8, 4) is 0 Å². The highest BCUT2D eigenvalue weighted by Crippen LogP contribution is 2.30. The Morgan fingerprint density at radius 2 is 2.30 bits per heavy atom. The van der Waals surface area contributed by atoms with E-state index in [0.29, 0.717) is 13.1 Å². The number of carbonyl (C=O) groups is 1. The first-order valence-corrected chi connectivity index (χ1v) is 9.49. The fourth-order valence-corrected chi connectivity index (χ4v) is 4.03. The molecule has 3 heterocycles. The van der Waals surface area contributed by atoms with Crippen molar-refractivity contribution in [2.45, 2.75) is 44.9 Å². The SMILES string of the molecule is C=CC(=O)N1CCCC[C@@H](n2cnc3ccc4c(cnn4C[C@@H](C)O)c32)C1. The second-order valence-electron chi connectivity index (χ2n) is 7.33. The quantitative estimate of drug-likeness (QED) is 0.719. The van der Waals surface area contributed by atoms with Crippen LogP contribution in [0.1, 0.15) is 32.2 Å². The van der Waals surface area contributed by atoms with Crippen LogP contribution in [0.15, 0.2) is 37.3 Å². The molecule has 0 bridgehead atoms. The lowest BCUT2D eigenvalue weighted by molar-refractivity contribution is -0.126. The zero-order chi connectivity index (χ0) is 19.0. The minimum atomic E-state index is -0.464. The number of aliphatic hydroxyl groups is 1. The van der Waals surface area contributed by atoms with Gasteiger partial charge in [0.1, 0.15) is 0 Å². The number of imidazole rings is 1. The summed E-state index contributed by atoms with van der Waals surface area (Å²) in [4.78, 5) is 18.6. The highest BCUT2D eigenvalue weighted by Gasteiger charge is 2.24. The topological polar surface area (TPSA) is 76.2 Å². The summed E-state index contributed by atoms with van der Waals surface area (Å²) in [6.07, 6.45) is 7.74. The summed E-state index contributed by atoms with van der Waals surface area (Å²) in [6, 6.07) is 4.18. The Morgan fingerprint density at radius 1 is 1.44 bits per heavy atom. The van der Waals surface area contributed by atoms with Crippen LogP contribution in [0.2, 0.25) is 0 Å². The third-order valence-electron chi connectivity index (χ3n) is 5.32. The molecule has 1 aliphatic heterocycles. The van der Waals surface area contributed by atoms with Gasteiger partial charge in [-0.3, -0.25) is 9.48 Å². The molecule has 1 amide bonds. The number of aliphatic hydroxyl groups excluding tert-OH is 1. The Balaban J connectivity index is 1.78. The first-order valence-electron chi connectivity index (χ1n) is 9.49. The maximum atomic E-state index is 12.2. The Bertz CT molecular complexity index is 987. The Hall–Kier alpha value is -2.67. The number of amides is 1. The summed E-state index contributed by atoms with van der Waals surface area (Å²) in [6.45, 7) is 7.27. The van der Waals surface area contributed by atoms with Crippen molar-refractivity contribution in [3.63, 3.8) is 0 Å². The van der Waals surface area contributed by atoms with E-state index in [1.54, 1.807) is 6.92 Å². The number of benzene rings is 1. The van der Waals surface area contributed by atoms with Crippen LogP contribution in [-0.4, -0.2) is 54.4 Å². The van der Waals surface area contributed by atoms with Crippen LogP contribution >= 0.6 is 0 Å². The van der Waals surface area contributed by atoms with Crippen LogP contribution in [0.5, 0.6) is 0 Å². The molecule has 2 aromatic heterocycles. The number of hydrogen-bond donors (Lipinski definition) is 1. The van der Waals surface area contributed by atoms with Crippen LogP contribution in [0.25, 0.3) is 21.9 Å². The molecular formula is C20H25N5O2. The summed E-state index contributed by atoms with van der Waals surface area (Å²) in [7, 11) is 0. The van der Waals surface area contributed by atoms with Gasteiger partial charge in [-0.25, -0.2) is 4.98 Å². The summed E-state index contributed by atoms with van der Waals surface area (Å²) < 4.78 is 4.03. The number of carbonyl (C=O) groups excluding carboxylic acids is 1. The van der Waals surface area contributed by atoms with E-state index < -0.39 is 6.10 Å². The monoisotopic (exact) mass is 367 g/mol. The minimum absolute atomic E-state index is 0.0128. The molecule has 3 aromatic rings. The van der Waals surface area contributed by atoms with Crippen molar-refractivity contribution in [3.05, 3.63) is 37.3 Å². The van der Waals surface area contributed by atoms with Gasteiger partial charge in [-0.1, -0.05) is 6.58 Å². The van der Waals surface area contributed by atoms with E-state index in [1.165, 1.54) is 6.08 Å². The third-order valence-corrected chi connectivity index (χ3v) is 5.32. The van der Waals surface area contributed by atoms with Crippen molar-refractivity contribution in [1.29, 1.82) is 0 Å². The van der Waals surface area contributed by atoms with Gasteiger partial charge in [-0.2, -0.15) is 5.10 Å². The van der Waals surface area contributed by atoms with Crippen molar-refractivity contribution >= 4 is 27.8 Å². The molecule has 7 nitrogen and oxygen atoms in total. The molecule has 142 valence electrons. The molecule has 7 heteroatoms. The van der Waals surface area contributed by atoms with Crippen LogP contribution in [-0.2, 0) is 11.3 Å². The van der Waals surface area contributed by atoms with E-state index in [9.17, 15) is 9.90 Å². The van der Waals surface area contributed by atoms with E-state index in [1.807, 2.05) is 34.2 Å². The fraction of sp³-hybridized carbons (Fsp3) is 0.450. The second-order valence-corrected chi connectivity index (χ2v) is 7.33. The molecule has 0 aliphatic carbocycles. The average molecular weight is 367 g/mol. The largest absolute Gasteiger partial charge is 0.391 e. The lowest BCUT2D eigenvalue weighted by Gasteiger charge is -2.24. The standard InChI is InChI=1S/C20H25N5O2/c1-3-19(27)23-9-5-4-6-15(12-23)24-13-21-17-7-8-18-16(20(17)24)10-22-25(18)11-14(2)26/h3,7-8,10,13-15,26H,1,4-6,9,11-12H2,2H3/t14-,15-/m1/s1. The minimum Gasteiger partial charge on any atom is -0.391 e. The molecule has 1 N–H and O–H groups in total. The van der Waals surface area contributed by atoms with Gasteiger partial charge in [-0.15, -0.1) is 0 Å². The lowest BCUT2D eigenvalue weighted by atomic mass is 10.1. The molecule has 2 atom stereocenters. The molecule has 1 aliphatic rings. The second kappa shape index (κ2) is 7.15. The number of aromatic nitrogens is 4. The summed E-state index contributed by atoms with van der Waals surface area (Å²) in [5, 5.41) is 15.2. The van der Waals surface area contributed by atoms with Gasteiger partial charge >= 0.3 is 0 Å². The fourth-order valence-electron chi connectivity index (χ4n) is 4.03. The van der Waals surface area contributed by atoms with Gasteiger partial charge in [0, 0.05) is 18.5 Å². The Morgan fingerprint density at radius 3 is 3.07 bits per heavy atom. The van der Waals surface area contributed by atoms with Crippen LogP contribution < -0.4 is 0 Å². The summed E-state index contributed by atoms with van der Waals surface area (Å²) in [5.74, 6) is -0.0128. The van der Waals surface area contributed by atoms with Crippen LogP contribution in [0.4, 0.5) is 0 Å². The van der Waals surface area contributed by atoms with Gasteiger partial charge in [-0.05, 0) is 44.4 Å². The zero-order valence-electron chi connectivity index (χ0n) is 15.6. The highest BCUT2D eigenvalue weighted by atomic mass is 16.3. The normalized spacial score (nSPS) is 19.3. The van der Waals surface area contributed by atoms with E-state index in [2.05, 4.69) is 21.2 Å². The molecule has 0 spiro atoms. The van der Waals surface area contributed by atoms with Gasteiger partial charge in [0.15, 0.2) is 0 Å². The molecule has 0 unspecified atom stereocenters. The number of nitrogens with zero attached hydrogens (tertiary/aromatic N) is 5. The predicted molar refractivity (Wildman–Crippen MR) is 104 cm³/mol. The van der Waals surface area contributed by atoms with Gasteiger partial charge < -0.3 is 14.6 Å². The van der Waals surface area contributed by atoms with Gasteiger partial charge in [0.25, 0.3) is 0 Å². The Kier molecular flexibility index (Phi) is 4.70. The molecule has 4 rings (SSSR count). The molecular weight excluding hydrogens is 342 g/mol. The summed E-state index contributed by atoms with van der Waals surface area (Å²) >= 11 is 0.